The molecule has 1 aromatic carbocycles. The minimum Gasteiger partial charge on any atom is -0.508 e. The number of rotatable bonds is 7. The molecule has 0 spiro atoms. The smallest absolute Gasteiger partial charge is 0.191 e. The number of nitrogens with two attached hydrogens (primary N) is 1. The van der Waals surface area contributed by atoms with Gasteiger partial charge in [0.2, 0.25) is 0 Å². The van der Waals surface area contributed by atoms with E-state index in [2.05, 4.69) is 39.9 Å². The molecule has 0 saturated heterocycles. The van der Waals surface area contributed by atoms with Gasteiger partial charge in [-0.05, 0) is 55.9 Å². The first-order valence-corrected chi connectivity index (χ1v) is 11.5. The van der Waals surface area contributed by atoms with Crippen LogP contribution in [0.1, 0.15) is 51.2 Å². The standard InChI is InChI=1S/C19H32N2O2Si/c1-15-10-9-11-16(22)17(15)19(21,14-20)12-7-8-13-23-24(5,6)18(2,3)4/h9-11,22H,7-8,12-13,21H2,1-6H3. The average Bonchev–Trinajstić information content (AvgIpc) is 2.45. The van der Waals surface area contributed by atoms with Crippen LogP contribution in [0.3, 0.4) is 0 Å². The van der Waals surface area contributed by atoms with E-state index in [4.69, 9.17) is 10.2 Å². The molecular formula is C19H32N2O2Si. The Bertz CT molecular complexity index is 582. The molecule has 3 N–H and O–H groups in total. The Hall–Kier alpha value is -1.35. The number of phenolic OH excluding ortho intramolecular Hbond substituents is 1. The summed E-state index contributed by atoms with van der Waals surface area (Å²) in [7, 11) is -1.73. The Labute approximate surface area is 147 Å². The van der Waals surface area contributed by atoms with Gasteiger partial charge >= 0.3 is 0 Å². The first-order chi connectivity index (χ1) is 10.9. The maximum absolute atomic E-state index is 10.1. The Morgan fingerprint density at radius 2 is 1.88 bits per heavy atom. The molecule has 1 unspecified atom stereocenters. The molecule has 0 aliphatic rings. The molecule has 0 aliphatic carbocycles. The molecule has 0 saturated carbocycles. The number of nitriles is 1. The number of hydrogen-bond donors (Lipinski definition) is 2. The predicted molar refractivity (Wildman–Crippen MR) is 101 cm³/mol. The van der Waals surface area contributed by atoms with Crippen LogP contribution in [0.25, 0.3) is 0 Å². The first-order valence-electron chi connectivity index (χ1n) is 8.58. The number of nitrogens with zero attached hydrogens (tertiary/aromatic N) is 1. The molecule has 0 aromatic heterocycles. The quantitative estimate of drug-likeness (QED) is 0.559. The third kappa shape index (κ3) is 4.82. The van der Waals surface area contributed by atoms with Gasteiger partial charge in [-0.3, -0.25) is 0 Å². The Kier molecular flexibility index (Phi) is 6.63. The van der Waals surface area contributed by atoms with Crippen LogP contribution in [-0.2, 0) is 9.96 Å². The second-order valence-corrected chi connectivity index (χ2v) is 12.9. The molecular weight excluding hydrogens is 316 g/mol. The lowest BCUT2D eigenvalue weighted by molar-refractivity contribution is 0.273. The molecule has 0 amide bonds. The summed E-state index contributed by atoms with van der Waals surface area (Å²) in [5, 5.41) is 19.9. The zero-order valence-corrected chi connectivity index (χ0v) is 16.9. The molecule has 0 radical (unpaired) electrons. The molecule has 1 aromatic rings. The molecule has 134 valence electrons. The van der Waals surface area contributed by atoms with E-state index in [-0.39, 0.29) is 10.8 Å². The fraction of sp³-hybridized carbons (Fsp3) is 0.632. The van der Waals surface area contributed by atoms with Crippen molar-refractivity contribution in [2.75, 3.05) is 6.61 Å². The molecule has 0 fully saturated rings. The van der Waals surface area contributed by atoms with Gasteiger partial charge < -0.3 is 15.3 Å². The first kappa shape index (κ1) is 20.7. The Balaban J connectivity index is 2.64. The number of aryl methyl sites for hydroxylation is 1. The van der Waals surface area contributed by atoms with Gasteiger partial charge in [0.05, 0.1) is 6.07 Å². The van der Waals surface area contributed by atoms with E-state index < -0.39 is 13.9 Å². The summed E-state index contributed by atoms with van der Waals surface area (Å²) in [6, 6.07) is 7.41. The molecule has 0 bridgehead atoms. The fourth-order valence-corrected chi connectivity index (χ4v) is 3.61. The van der Waals surface area contributed by atoms with Gasteiger partial charge in [-0.1, -0.05) is 32.9 Å². The molecule has 24 heavy (non-hydrogen) atoms. The van der Waals surface area contributed by atoms with Crippen molar-refractivity contribution in [3.05, 3.63) is 29.3 Å². The zero-order valence-electron chi connectivity index (χ0n) is 15.9. The highest BCUT2D eigenvalue weighted by Gasteiger charge is 2.37. The van der Waals surface area contributed by atoms with E-state index in [1.807, 2.05) is 13.0 Å². The topological polar surface area (TPSA) is 79.3 Å². The monoisotopic (exact) mass is 348 g/mol. The number of unbranched alkanes of at least 4 members (excludes halogenated alkanes) is 1. The van der Waals surface area contributed by atoms with Crippen LogP contribution in [0, 0.1) is 18.3 Å². The van der Waals surface area contributed by atoms with E-state index in [0.717, 1.165) is 18.4 Å². The minimum absolute atomic E-state index is 0.0940. The van der Waals surface area contributed by atoms with E-state index in [0.29, 0.717) is 18.6 Å². The molecule has 1 rings (SSSR count). The van der Waals surface area contributed by atoms with Gasteiger partial charge in [-0.15, -0.1) is 0 Å². The zero-order chi connectivity index (χ0) is 18.6. The summed E-state index contributed by atoms with van der Waals surface area (Å²) in [6.07, 6.45) is 2.15. The van der Waals surface area contributed by atoms with Gasteiger partial charge in [0.15, 0.2) is 8.32 Å². The second-order valence-electron chi connectivity index (χ2n) is 8.12. The number of aromatic hydroxyl groups is 1. The highest BCUT2D eigenvalue weighted by molar-refractivity contribution is 6.74. The van der Waals surface area contributed by atoms with Crippen molar-refractivity contribution in [1.29, 1.82) is 5.26 Å². The Morgan fingerprint density at radius 1 is 1.25 bits per heavy atom. The van der Waals surface area contributed by atoms with Gasteiger partial charge in [-0.25, -0.2) is 0 Å². The van der Waals surface area contributed by atoms with E-state index >= 15 is 0 Å². The van der Waals surface area contributed by atoms with Crippen molar-refractivity contribution >= 4 is 8.32 Å². The van der Waals surface area contributed by atoms with Crippen molar-refractivity contribution in [3.63, 3.8) is 0 Å². The SMILES string of the molecule is Cc1cccc(O)c1C(N)(C#N)CCCCO[Si](C)(C)C(C)(C)C. The average molecular weight is 349 g/mol. The third-order valence-electron chi connectivity index (χ3n) is 5.13. The van der Waals surface area contributed by atoms with Crippen molar-refractivity contribution in [1.82, 2.24) is 0 Å². The summed E-state index contributed by atoms with van der Waals surface area (Å²) < 4.78 is 6.16. The summed E-state index contributed by atoms with van der Waals surface area (Å²) >= 11 is 0. The third-order valence-corrected chi connectivity index (χ3v) is 9.67. The van der Waals surface area contributed by atoms with Crippen LogP contribution in [0.5, 0.6) is 5.75 Å². The van der Waals surface area contributed by atoms with Crippen molar-refractivity contribution in [3.8, 4) is 11.8 Å². The fourth-order valence-electron chi connectivity index (χ4n) is 2.52. The van der Waals surface area contributed by atoms with Gasteiger partial charge in [0.25, 0.3) is 0 Å². The summed E-state index contributed by atoms with van der Waals surface area (Å²) in [5.41, 5.74) is 6.53. The Morgan fingerprint density at radius 3 is 2.38 bits per heavy atom. The van der Waals surface area contributed by atoms with Crippen LogP contribution in [0.4, 0.5) is 0 Å². The van der Waals surface area contributed by atoms with Crippen molar-refractivity contribution in [2.24, 2.45) is 5.73 Å². The largest absolute Gasteiger partial charge is 0.508 e. The van der Waals surface area contributed by atoms with Crippen LogP contribution >= 0.6 is 0 Å². The maximum Gasteiger partial charge on any atom is 0.191 e. The lowest BCUT2D eigenvalue weighted by Crippen LogP contribution is -2.41. The second kappa shape index (κ2) is 7.69. The highest BCUT2D eigenvalue weighted by atomic mass is 28.4. The molecule has 1 atom stereocenters. The normalized spacial score (nSPS) is 14.9. The highest BCUT2D eigenvalue weighted by Crippen LogP contribution is 2.37. The number of hydrogen-bond acceptors (Lipinski definition) is 4. The van der Waals surface area contributed by atoms with E-state index in [1.165, 1.54) is 0 Å². The number of phenols is 1. The van der Waals surface area contributed by atoms with Gasteiger partial charge in [0, 0.05) is 12.2 Å². The summed E-state index contributed by atoms with van der Waals surface area (Å²) in [5.74, 6) is 0.0940. The van der Waals surface area contributed by atoms with Crippen LogP contribution in [0.15, 0.2) is 18.2 Å². The number of benzene rings is 1. The molecule has 0 aliphatic heterocycles. The van der Waals surface area contributed by atoms with Gasteiger partial charge in [-0.2, -0.15) is 5.26 Å². The molecule has 0 heterocycles. The summed E-state index contributed by atoms with van der Waals surface area (Å²) in [4.78, 5) is 0. The molecule has 5 heteroatoms. The maximum atomic E-state index is 10.1. The lowest BCUT2D eigenvalue weighted by atomic mass is 9.84. The van der Waals surface area contributed by atoms with E-state index in [9.17, 15) is 10.4 Å². The van der Waals surface area contributed by atoms with E-state index in [1.54, 1.807) is 12.1 Å². The molecule has 4 nitrogen and oxygen atoms in total. The van der Waals surface area contributed by atoms with Gasteiger partial charge in [0.1, 0.15) is 11.3 Å². The van der Waals surface area contributed by atoms with Crippen LogP contribution in [0.2, 0.25) is 18.1 Å². The van der Waals surface area contributed by atoms with Crippen LogP contribution in [-0.4, -0.2) is 20.0 Å². The summed E-state index contributed by atoms with van der Waals surface area (Å²) in [6.45, 7) is 13.7. The van der Waals surface area contributed by atoms with Crippen molar-refractivity contribution < 1.29 is 9.53 Å². The van der Waals surface area contributed by atoms with Crippen LogP contribution < -0.4 is 5.73 Å². The van der Waals surface area contributed by atoms with Crippen molar-refractivity contribution in [2.45, 2.75) is 70.6 Å². The minimum atomic E-state index is -1.73. The lowest BCUT2D eigenvalue weighted by Gasteiger charge is -2.36. The predicted octanol–water partition coefficient (Wildman–Crippen LogP) is 4.57.